The molecule has 3 rings (SSSR count). The summed E-state index contributed by atoms with van der Waals surface area (Å²) >= 11 is 0. The quantitative estimate of drug-likeness (QED) is 0.739. The SMILES string of the molecule is CC(=O)Nc1c2ssc(-c3ccccc3)c-2n(C)c1=O. The van der Waals surface area contributed by atoms with Gasteiger partial charge in [0, 0.05) is 14.0 Å². The number of anilines is 1. The zero-order chi connectivity index (χ0) is 14.3. The van der Waals surface area contributed by atoms with Crippen molar-refractivity contribution >= 4 is 32.3 Å². The molecule has 0 radical (unpaired) electrons. The summed E-state index contributed by atoms with van der Waals surface area (Å²) < 4.78 is 1.61. The average molecular weight is 304 g/mol. The molecule has 102 valence electrons. The van der Waals surface area contributed by atoms with Crippen LogP contribution < -0.4 is 10.9 Å². The summed E-state index contributed by atoms with van der Waals surface area (Å²) in [6, 6.07) is 9.95. The molecule has 1 amide bonds. The maximum absolute atomic E-state index is 12.2. The number of nitrogens with zero attached hydrogens (tertiary/aromatic N) is 1. The Bertz CT molecular complexity index is 799. The topological polar surface area (TPSA) is 51.1 Å². The number of rotatable bonds is 2. The van der Waals surface area contributed by atoms with E-state index >= 15 is 0 Å². The first kappa shape index (κ1) is 13.1. The van der Waals surface area contributed by atoms with Gasteiger partial charge in [0.1, 0.15) is 5.69 Å². The summed E-state index contributed by atoms with van der Waals surface area (Å²) in [5.41, 5.74) is 2.20. The molecule has 6 heteroatoms. The first-order valence-electron chi connectivity index (χ1n) is 6.04. The highest BCUT2D eigenvalue weighted by atomic mass is 32.9. The van der Waals surface area contributed by atoms with Gasteiger partial charge in [-0.25, -0.2) is 0 Å². The van der Waals surface area contributed by atoms with Gasteiger partial charge in [-0.2, -0.15) is 0 Å². The number of carbonyl (C=O) groups excluding carboxylic acids is 1. The number of nitrogens with one attached hydrogen (secondary N) is 1. The Balaban J connectivity index is 2.21. The molecule has 0 unspecified atom stereocenters. The first-order valence-corrected chi connectivity index (χ1v) is 8.19. The van der Waals surface area contributed by atoms with Crippen molar-refractivity contribution in [1.29, 1.82) is 0 Å². The monoisotopic (exact) mass is 304 g/mol. The van der Waals surface area contributed by atoms with Crippen LogP contribution in [-0.4, -0.2) is 10.5 Å². The summed E-state index contributed by atoms with van der Waals surface area (Å²) in [5.74, 6) is -0.228. The summed E-state index contributed by atoms with van der Waals surface area (Å²) in [6.45, 7) is 1.41. The van der Waals surface area contributed by atoms with Crippen LogP contribution >= 0.6 is 20.7 Å². The maximum Gasteiger partial charge on any atom is 0.276 e. The highest BCUT2D eigenvalue weighted by molar-refractivity contribution is 7.72. The largest absolute Gasteiger partial charge is 0.320 e. The van der Waals surface area contributed by atoms with Crippen LogP contribution in [0.3, 0.4) is 0 Å². The third-order valence-corrected chi connectivity index (χ3v) is 5.55. The van der Waals surface area contributed by atoms with Gasteiger partial charge in [-0.1, -0.05) is 51.0 Å². The van der Waals surface area contributed by atoms with E-state index in [1.54, 1.807) is 22.0 Å². The molecule has 0 spiro atoms. The van der Waals surface area contributed by atoms with E-state index in [0.717, 1.165) is 21.0 Å². The van der Waals surface area contributed by atoms with E-state index < -0.39 is 0 Å². The van der Waals surface area contributed by atoms with E-state index in [2.05, 4.69) is 5.32 Å². The van der Waals surface area contributed by atoms with Gasteiger partial charge in [0.05, 0.1) is 15.4 Å². The number of hydrogen-bond donors (Lipinski definition) is 1. The fourth-order valence-electron chi connectivity index (χ4n) is 2.16. The molecule has 2 aliphatic rings. The van der Waals surface area contributed by atoms with Crippen LogP contribution in [-0.2, 0) is 11.8 Å². The number of benzene rings is 1. The van der Waals surface area contributed by atoms with Crippen LogP contribution in [0.1, 0.15) is 6.92 Å². The Hall–Kier alpha value is -1.92. The third-order valence-electron chi connectivity index (χ3n) is 3.06. The molecule has 2 heterocycles. The van der Waals surface area contributed by atoms with E-state index in [1.807, 2.05) is 30.3 Å². The van der Waals surface area contributed by atoms with E-state index in [4.69, 9.17) is 0 Å². The van der Waals surface area contributed by atoms with E-state index in [9.17, 15) is 9.59 Å². The molecule has 0 fully saturated rings. The van der Waals surface area contributed by atoms with E-state index in [1.165, 1.54) is 17.3 Å². The standard InChI is InChI=1S/C14H12N2O2S2/c1-8(17)15-10-13-11(16(2)14(10)18)12(19-20-13)9-6-4-3-5-7-9/h3-7H,1-2H3,(H,15,17). The highest BCUT2D eigenvalue weighted by Crippen LogP contribution is 2.46. The van der Waals surface area contributed by atoms with Gasteiger partial charge in [0.25, 0.3) is 5.56 Å². The van der Waals surface area contributed by atoms with Crippen molar-refractivity contribution in [3.8, 4) is 21.0 Å². The van der Waals surface area contributed by atoms with Crippen molar-refractivity contribution in [2.45, 2.75) is 6.92 Å². The second kappa shape index (κ2) is 4.88. The molecule has 0 saturated carbocycles. The maximum atomic E-state index is 12.2. The van der Waals surface area contributed by atoms with Gasteiger partial charge in [-0.3, -0.25) is 9.59 Å². The van der Waals surface area contributed by atoms with Crippen LogP contribution in [0.25, 0.3) is 21.0 Å². The van der Waals surface area contributed by atoms with E-state index in [0.29, 0.717) is 5.69 Å². The van der Waals surface area contributed by atoms with Crippen molar-refractivity contribution in [1.82, 2.24) is 4.57 Å². The Morgan fingerprint density at radius 1 is 1.15 bits per heavy atom. The molecule has 0 aliphatic carbocycles. The summed E-state index contributed by atoms with van der Waals surface area (Å²) in [5, 5.41) is 2.65. The lowest BCUT2D eigenvalue weighted by atomic mass is 10.1. The lowest BCUT2D eigenvalue weighted by Crippen LogP contribution is -2.17. The summed E-state index contributed by atoms with van der Waals surface area (Å²) in [7, 11) is 4.87. The minimum Gasteiger partial charge on any atom is -0.320 e. The van der Waals surface area contributed by atoms with Crippen molar-refractivity contribution < 1.29 is 4.79 Å². The number of carbonyl (C=O) groups is 1. The summed E-state index contributed by atoms with van der Waals surface area (Å²) in [4.78, 5) is 25.4. The molecule has 1 aromatic rings. The third kappa shape index (κ3) is 1.97. The van der Waals surface area contributed by atoms with Crippen molar-refractivity contribution in [3.63, 3.8) is 0 Å². The van der Waals surface area contributed by atoms with Crippen LogP contribution in [0.5, 0.6) is 0 Å². The molecule has 1 N–H and O–H groups in total. The second-order valence-electron chi connectivity index (χ2n) is 4.46. The number of aromatic nitrogens is 1. The minimum atomic E-state index is -0.228. The second-order valence-corrected chi connectivity index (χ2v) is 6.61. The lowest BCUT2D eigenvalue weighted by Gasteiger charge is -2.01. The van der Waals surface area contributed by atoms with Gasteiger partial charge in [0.15, 0.2) is 0 Å². The Labute approximate surface area is 123 Å². The smallest absolute Gasteiger partial charge is 0.276 e. The first-order chi connectivity index (χ1) is 9.59. The molecule has 4 nitrogen and oxygen atoms in total. The lowest BCUT2D eigenvalue weighted by molar-refractivity contribution is -0.114. The number of hydrogen-bond acceptors (Lipinski definition) is 4. The van der Waals surface area contributed by atoms with Crippen molar-refractivity contribution in [2.75, 3.05) is 5.32 Å². The minimum absolute atomic E-state index is 0.161. The molecular formula is C14H12N2O2S2. The Morgan fingerprint density at radius 2 is 1.80 bits per heavy atom. The van der Waals surface area contributed by atoms with Gasteiger partial charge < -0.3 is 9.88 Å². The van der Waals surface area contributed by atoms with Crippen LogP contribution in [0.15, 0.2) is 35.1 Å². The molecule has 0 saturated heterocycles. The van der Waals surface area contributed by atoms with Crippen molar-refractivity contribution in [2.24, 2.45) is 7.05 Å². The van der Waals surface area contributed by atoms with Gasteiger partial charge >= 0.3 is 0 Å². The fourth-order valence-corrected chi connectivity index (χ4v) is 4.99. The van der Waals surface area contributed by atoms with Crippen LogP contribution in [0.2, 0.25) is 0 Å². The molecule has 0 aromatic heterocycles. The molecule has 1 aromatic carbocycles. The summed E-state index contributed by atoms with van der Waals surface area (Å²) in [6.07, 6.45) is 0. The fraction of sp³-hybridized carbons (Fsp3) is 0.143. The highest BCUT2D eigenvalue weighted by Gasteiger charge is 2.26. The average Bonchev–Trinajstić information content (AvgIpc) is 2.96. The van der Waals surface area contributed by atoms with E-state index in [-0.39, 0.29) is 11.5 Å². The van der Waals surface area contributed by atoms with Crippen LogP contribution in [0.4, 0.5) is 5.69 Å². The number of fused-ring (bicyclic) bond motifs is 1. The van der Waals surface area contributed by atoms with Gasteiger partial charge in [-0.05, 0) is 5.56 Å². The van der Waals surface area contributed by atoms with Gasteiger partial charge in [0.2, 0.25) is 5.91 Å². The zero-order valence-corrected chi connectivity index (χ0v) is 12.6. The molecule has 0 atom stereocenters. The Kier molecular flexibility index (Phi) is 3.19. The van der Waals surface area contributed by atoms with Gasteiger partial charge in [-0.15, -0.1) is 0 Å². The van der Waals surface area contributed by atoms with Crippen LogP contribution in [0, 0.1) is 0 Å². The predicted octanol–water partition coefficient (Wildman–Crippen LogP) is 3.24. The zero-order valence-electron chi connectivity index (χ0n) is 11.0. The molecule has 20 heavy (non-hydrogen) atoms. The Morgan fingerprint density at radius 3 is 2.45 bits per heavy atom. The molecule has 0 bridgehead atoms. The molecular weight excluding hydrogens is 292 g/mol. The molecule has 2 aliphatic heterocycles. The predicted molar refractivity (Wildman–Crippen MR) is 83.8 cm³/mol. The normalized spacial score (nSPS) is 10.9. The number of amides is 1. The van der Waals surface area contributed by atoms with Crippen molar-refractivity contribution in [3.05, 3.63) is 40.7 Å².